The summed E-state index contributed by atoms with van der Waals surface area (Å²) in [6.45, 7) is 6.52. The van der Waals surface area contributed by atoms with Crippen molar-refractivity contribution in [3.05, 3.63) is 30.0 Å². The van der Waals surface area contributed by atoms with E-state index in [1.807, 2.05) is 18.2 Å². The van der Waals surface area contributed by atoms with E-state index >= 15 is 0 Å². The Balaban J connectivity index is 1.46. The lowest BCUT2D eigenvalue weighted by molar-refractivity contribution is -0.169. The minimum absolute atomic E-state index is 0.0386. The highest BCUT2D eigenvalue weighted by Gasteiger charge is 2.48. The molecule has 0 unspecified atom stereocenters. The summed E-state index contributed by atoms with van der Waals surface area (Å²) in [5.41, 5.74) is 0.895. The molecule has 2 aromatic rings. The molecule has 2 aliphatic heterocycles. The SMILES string of the molecule is CC(C)N1CCC(Oc2ccc3[nH]c(C(=O)N4CCC[C@H]4C(F)(F)F)cc3c2)CC1. The number of nitrogens with one attached hydrogen (secondary N) is 1. The molecule has 2 saturated heterocycles. The quantitative estimate of drug-likeness (QED) is 0.783. The summed E-state index contributed by atoms with van der Waals surface area (Å²) in [5.74, 6) is 0.118. The number of fused-ring (bicyclic) bond motifs is 1. The number of piperidine rings is 1. The summed E-state index contributed by atoms with van der Waals surface area (Å²) in [4.78, 5) is 19.1. The number of H-pyrrole nitrogens is 1. The average molecular weight is 423 g/mol. The largest absolute Gasteiger partial charge is 0.490 e. The van der Waals surface area contributed by atoms with Crippen LogP contribution in [0.2, 0.25) is 0 Å². The zero-order chi connectivity index (χ0) is 21.5. The molecule has 8 heteroatoms. The molecular formula is C22H28F3N3O2. The number of ether oxygens (including phenoxy) is 1. The van der Waals surface area contributed by atoms with Crippen LogP contribution in [0.3, 0.4) is 0 Å². The second-order valence-corrected chi connectivity index (χ2v) is 8.58. The summed E-state index contributed by atoms with van der Waals surface area (Å²) in [5, 5.41) is 0.762. The summed E-state index contributed by atoms with van der Waals surface area (Å²) >= 11 is 0. The van der Waals surface area contributed by atoms with Gasteiger partial charge in [-0.3, -0.25) is 4.79 Å². The number of amides is 1. The Kier molecular flexibility index (Phi) is 5.70. The molecule has 0 saturated carbocycles. The molecule has 2 aliphatic rings. The van der Waals surface area contributed by atoms with Gasteiger partial charge in [-0.25, -0.2) is 0 Å². The van der Waals surface area contributed by atoms with Crippen molar-refractivity contribution < 1.29 is 22.7 Å². The number of benzene rings is 1. The smallest absolute Gasteiger partial charge is 0.408 e. The van der Waals surface area contributed by atoms with Gasteiger partial charge in [-0.15, -0.1) is 0 Å². The van der Waals surface area contributed by atoms with Gasteiger partial charge in [0.15, 0.2) is 0 Å². The Labute approximate surface area is 174 Å². The third kappa shape index (κ3) is 4.29. The van der Waals surface area contributed by atoms with Crippen molar-refractivity contribution in [2.45, 2.75) is 63.9 Å². The van der Waals surface area contributed by atoms with Crippen LogP contribution in [-0.4, -0.2) is 64.7 Å². The van der Waals surface area contributed by atoms with E-state index in [0.717, 1.165) is 42.0 Å². The molecule has 1 atom stereocenters. The number of carbonyl (C=O) groups is 1. The zero-order valence-electron chi connectivity index (χ0n) is 17.3. The minimum atomic E-state index is -4.40. The van der Waals surface area contributed by atoms with Gasteiger partial charge in [0, 0.05) is 36.6 Å². The average Bonchev–Trinajstić information content (AvgIpc) is 3.34. The first-order valence-electron chi connectivity index (χ1n) is 10.6. The Morgan fingerprint density at radius 1 is 1.13 bits per heavy atom. The van der Waals surface area contributed by atoms with E-state index in [2.05, 4.69) is 23.7 Å². The molecule has 30 heavy (non-hydrogen) atoms. The Hall–Kier alpha value is -2.22. The molecule has 0 radical (unpaired) electrons. The van der Waals surface area contributed by atoms with Crippen molar-refractivity contribution in [2.24, 2.45) is 0 Å². The van der Waals surface area contributed by atoms with Gasteiger partial charge in [-0.05, 0) is 63.8 Å². The van der Waals surface area contributed by atoms with E-state index in [1.54, 1.807) is 6.07 Å². The summed E-state index contributed by atoms with van der Waals surface area (Å²) < 4.78 is 45.8. The lowest BCUT2D eigenvalue weighted by atomic mass is 10.1. The molecule has 1 N–H and O–H groups in total. The highest BCUT2D eigenvalue weighted by molar-refractivity contribution is 5.98. The fourth-order valence-electron chi connectivity index (χ4n) is 4.51. The molecular weight excluding hydrogens is 395 g/mol. The van der Waals surface area contributed by atoms with Crippen molar-refractivity contribution >= 4 is 16.8 Å². The Bertz CT molecular complexity index is 901. The van der Waals surface area contributed by atoms with Gasteiger partial charge in [0.25, 0.3) is 5.91 Å². The third-order valence-electron chi connectivity index (χ3n) is 6.22. The number of hydrogen-bond acceptors (Lipinski definition) is 3. The maximum Gasteiger partial charge on any atom is 0.408 e. The Morgan fingerprint density at radius 2 is 1.87 bits per heavy atom. The van der Waals surface area contributed by atoms with Crippen LogP contribution >= 0.6 is 0 Å². The number of aromatic amines is 1. The lowest BCUT2D eigenvalue weighted by Crippen LogP contribution is -2.44. The Morgan fingerprint density at radius 3 is 2.53 bits per heavy atom. The van der Waals surface area contributed by atoms with Crippen LogP contribution in [-0.2, 0) is 0 Å². The standard InChI is InChI=1S/C22H28F3N3O2/c1-14(2)27-10-7-16(8-11-27)30-17-5-6-18-15(12-17)13-19(26-18)21(29)28-9-3-4-20(28)22(23,24)25/h5-6,12-14,16,20,26H,3-4,7-11H2,1-2H3/t20-/m0/s1. The van der Waals surface area contributed by atoms with Crippen molar-refractivity contribution in [3.8, 4) is 5.75 Å². The van der Waals surface area contributed by atoms with E-state index in [4.69, 9.17) is 4.74 Å². The van der Waals surface area contributed by atoms with Gasteiger partial charge < -0.3 is 19.5 Å². The molecule has 0 aliphatic carbocycles. The third-order valence-corrected chi connectivity index (χ3v) is 6.22. The highest BCUT2D eigenvalue weighted by Crippen LogP contribution is 2.34. The number of aromatic nitrogens is 1. The maximum absolute atomic E-state index is 13.2. The summed E-state index contributed by atoms with van der Waals surface area (Å²) in [6.07, 6.45) is -2.01. The van der Waals surface area contributed by atoms with E-state index in [1.165, 1.54) is 0 Å². The minimum Gasteiger partial charge on any atom is -0.490 e. The monoisotopic (exact) mass is 423 g/mol. The van der Waals surface area contributed by atoms with Crippen molar-refractivity contribution in [1.29, 1.82) is 0 Å². The van der Waals surface area contributed by atoms with Crippen LogP contribution in [0.15, 0.2) is 24.3 Å². The van der Waals surface area contributed by atoms with Crippen LogP contribution < -0.4 is 4.74 Å². The summed E-state index contributed by atoms with van der Waals surface area (Å²) in [7, 11) is 0. The molecule has 2 fully saturated rings. The fourth-order valence-corrected chi connectivity index (χ4v) is 4.51. The highest BCUT2D eigenvalue weighted by atomic mass is 19.4. The molecule has 1 amide bonds. The molecule has 0 spiro atoms. The van der Waals surface area contributed by atoms with E-state index in [-0.39, 0.29) is 24.8 Å². The van der Waals surface area contributed by atoms with Gasteiger partial charge >= 0.3 is 6.18 Å². The number of carbonyl (C=O) groups excluding carboxylic acids is 1. The van der Waals surface area contributed by atoms with Crippen LogP contribution in [0.25, 0.3) is 10.9 Å². The topological polar surface area (TPSA) is 48.6 Å². The number of rotatable bonds is 4. The van der Waals surface area contributed by atoms with Gasteiger partial charge in [-0.1, -0.05) is 0 Å². The molecule has 0 bridgehead atoms. The number of alkyl halides is 3. The van der Waals surface area contributed by atoms with Crippen LogP contribution in [0.1, 0.15) is 50.0 Å². The number of likely N-dealkylation sites (tertiary alicyclic amines) is 2. The molecule has 164 valence electrons. The molecule has 5 nitrogen and oxygen atoms in total. The maximum atomic E-state index is 13.2. The predicted molar refractivity (Wildman–Crippen MR) is 109 cm³/mol. The second kappa shape index (κ2) is 8.13. The summed E-state index contributed by atoms with van der Waals surface area (Å²) in [6, 6.07) is 5.96. The van der Waals surface area contributed by atoms with Crippen LogP contribution in [0, 0.1) is 0 Å². The lowest BCUT2D eigenvalue weighted by Gasteiger charge is -2.34. The van der Waals surface area contributed by atoms with E-state index < -0.39 is 18.1 Å². The van der Waals surface area contributed by atoms with Crippen molar-refractivity contribution in [2.75, 3.05) is 19.6 Å². The van der Waals surface area contributed by atoms with Crippen molar-refractivity contribution in [3.63, 3.8) is 0 Å². The number of hydrogen-bond donors (Lipinski definition) is 1. The van der Waals surface area contributed by atoms with Gasteiger partial charge in [-0.2, -0.15) is 13.2 Å². The zero-order valence-corrected chi connectivity index (χ0v) is 17.3. The van der Waals surface area contributed by atoms with E-state index in [9.17, 15) is 18.0 Å². The molecule has 3 heterocycles. The molecule has 1 aromatic carbocycles. The van der Waals surface area contributed by atoms with Crippen LogP contribution in [0.5, 0.6) is 5.75 Å². The second-order valence-electron chi connectivity index (χ2n) is 8.58. The van der Waals surface area contributed by atoms with Crippen molar-refractivity contribution in [1.82, 2.24) is 14.8 Å². The first kappa shape index (κ1) is 21.0. The molecule has 4 rings (SSSR count). The number of halogens is 3. The van der Waals surface area contributed by atoms with Gasteiger partial charge in [0.1, 0.15) is 23.6 Å². The number of nitrogens with zero attached hydrogens (tertiary/aromatic N) is 2. The van der Waals surface area contributed by atoms with E-state index in [0.29, 0.717) is 18.0 Å². The van der Waals surface area contributed by atoms with Crippen LogP contribution in [0.4, 0.5) is 13.2 Å². The van der Waals surface area contributed by atoms with Gasteiger partial charge in [0.2, 0.25) is 0 Å². The van der Waals surface area contributed by atoms with Gasteiger partial charge in [0.05, 0.1) is 0 Å². The fraction of sp³-hybridized carbons (Fsp3) is 0.591. The normalized spacial score (nSPS) is 21.7. The first-order chi connectivity index (χ1) is 14.2. The molecule has 1 aromatic heterocycles. The first-order valence-corrected chi connectivity index (χ1v) is 10.6. The predicted octanol–water partition coefficient (Wildman–Crippen LogP) is 4.59.